The summed E-state index contributed by atoms with van der Waals surface area (Å²) < 4.78 is 53.1. The van der Waals surface area contributed by atoms with Crippen LogP contribution in [0.3, 0.4) is 0 Å². The first kappa shape index (κ1) is 27.5. The Morgan fingerprint density at radius 2 is 1.22 bits per heavy atom. The topological polar surface area (TPSA) is 68.3 Å². The lowest BCUT2D eigenvalue weighted by Crippen LogP contribution is -2.14. The molecule has 8 heteroatoms. The molecule has 0 saturated heterocycles. The van der Waals surface area contributed by atoms with Gasteiger partial charge in [0, 0.05) is 10.3 Å². The van der Waals surface area contributed by atoms with Crippen LogP contribution in [0.4, 0.5) is 0 Å². The molecule has 0 N–H and O–H groups in total. The molecule has 2 rings (SSSR count). The molecule has 0 radical (unpaired) electrons. The lowest BCUT2D eigenvalue weighted by atomic mass is 10.1. The Morgan fingerprint density at radius 1 is 0.688 bits per heavy atom. The zero-order chi connectivity index (χ0) is 23.5. The Bertz CT molecular complexity index is 987. The highest BCUT2D eigenvalue weighted by Crippen LogP contribution is 2.41. The molecule has 0 amide bonds. The Hall–Kier alpha value is -0.700. The van der Waals surface area contributed by atoms with Crippen LogP contribution in [0.1, 0.15) is 90.9 Å². The molecular weight excluding hydrogens is 481 g/mol. The van der Waals surface area contributed by atoms with E-state index in [4.69, 9.17) is 0 Å². The summed E-state index contributed by atoms with van der Waals surface area (Å²) in [4.78, 5) is 1.46. The summed E-state index contributed by atoms with van der Waals surface area (Å²) >= 11 is 2.69. The number of sulfone groups is 2. The van der Waals surface area contributed by atoms with E-state index in [9.17, 15) is 16.8 Å². The Morgan fingerprint density at radius 3 is 1.75 bits per heavy atom. The second-order valence-corrected chi connectivity index (χ2v) is 14.4. The van der Waals surface area contributed by atoms with Crippen molar-refractivity contribution < 1.29 is 16.8 Å². The van der Waals surface area contributed by atoms with Crippen molar-refractivity contribution in [2.45, 2.75) is 101 Å². The highest BCUT2D eigenvalue weighted by molar-refractivity contribution is 7.94. The standard InChI is InChI=1S/C24H38O4S4/c1-3-5-7-9-11-13-18-31(25,26)22-20-30-23(21-16-15-17-29-21)24(22)32(27,28)19-14-12-10-8-6-4-2/h15-17,20H,3-14,18-19H2,1-2H3. The highest BCUT2D eigenvalue weighted by atomic mass is 32.2. The molecule has 32 heavy (non-hydrogen) atoms. The Labute approximate surface area is 203 Å². The quantitative estimate of drug-likeness (QED) is 0.201. The summed E-state index contributed by atoms with van der Waals surface area (Å²) in [5, 5.41) is 3.44. The Balaban J connectivity index is 2.19. The lowest BCUT2D eigenvalue weighted by molar-refractivity contribution is 0.573. The molecular formula is C24H38O4S4. The maximum absolute atomic E-state index is 13.4. The van der Waals surface area contributed by atoms with Gasteiger partial charge in [0.05, 0.1) is 21.3 Å². The van der Waals surface area contributed by atoms with Crippen LogP contribution in [0.15, 0.2) is 32.7 Å². The summed E-state index contributed by atoms with van der Waals surface area (Å²) in [6, 6.07) is 3.73. The largest absolute Gasteiger partial charge is 0.224 e. The van der Waals surface area contributed by atoms with E-state index in [1.165, 1.54) is 35.5 Å². The number of rotatable bonds is 17. The second-order valence-electron chi connectivity index (χ2n) is 8.41. The number of hydrogen-bond acceptors (Lipinski definition) is 6. The lowest BCUT2D eigenvalue weighted by Gasteiger charge is -2.10. The zero-order valence-electron chi connectivity index (χ0n) is 19.5. The molecule has 2 heterocycles. The van der Waals surface area contributed by atoms with Crippen LogP contribution in [-0.4, -0.2) is 28.3 Å². The molecule has 0 fully saturated rings. The molecule has 4 nitrogen and oxygen atoms in total. The van der Waals surface area contributed by atoms with Gasteiger partial charge in [0.2, 0.25) is 0 Å². The average Bonchev–Trinajstić information content (AvgIpc) is 3.43. The van der Waals surface area contributed by atoms with Gasteiger partial charge >= 0.3 is 0 Å². The molecule has 0 atom stereocenters. The Kier molecular flexibility index (Phi) is 11.9. The van der Waals surface area contributed by atoms with Crippen LogP contribution in [0.25, 0.3) is 9.75 Å². The SMILES string of the molecule is CCCCCCCCS(=O)(=O)c1csc(-c2cccs2)c1S(=O)(=O)CCCCCCCC. The monoisotopic (exact) mass is 518 g/mol. The molecule has 2 aromatic heterocycles. The minimum atomic E-state index is -3.68. The van der Waals surface area contributed by atoms with Crippen molar-refractivity contribution in [2.24, 2.45) is 0 Å². The molecule has 0 bridgehead atoms. The molecule has 0 aliphatic heterocycles. The van der Waals surface area contributed by atoms with E-state index in [2.05, 4.69) is 13.8 Å². The van der Waals surface area contributed by atoms with E-state index in [1.807, 2.05) is 17.5 Å². The van der Waals surface area contributed by atoms with Crippen LogP contribution >= 0.6 is 22.7 Å². The van der Waals surface area contributed by atoms with Gasteiger partial charge in [0.1, 0.15) is 4.90 Å². The molecule has 0 spiro atoms. The first-order valence-corrected chi connectivity index (χ1v) is 17.0. The fourth-order valence-electron chi connectivity index (χ4n) is 3.77. The van der Waals surface area contributed by atoms with Crippen LogP contribution in [-0.2, 0) is 19.7 Å². The van der Waals surface area contributed by atoms with E-state index in [1.54, 1.807) is 5.38 Å². The summed E-state index contributed by atoms with van der Waals surface area (Å²) in [6.07, 6.45) is 11.8. The van der Waals surface area contributed by atoms with Gasteiger partial charge in [-0.3, -0.25) is 0 Å². The van der Waals surface area contributed by atoms with E-state index < -0.39 is 19.7 Å². The minimum Gasteiger partial charge on any atom is -0.224 e. The van der Waals surface area contributed by atoms with Gasteiger partial charge in [0.25, 0.3) is 0 Å². The molecule has 0 aliphatic carbocycles. The van der Waals surface area contributed by atoms with Crippen molar-refractivity contribution in [3.63, 3.8) is 0 Å². The maximum Gasteiger partial charge on any atom is 0.181 e. The molecule has 0 aliphatic rings. The normalized spacial score (nSPS) is 12.4. The number of unbranched alkanes of at least 4 members (excludes halogenated alkanes) is 10. The van der Waals surface area contributed by atoms with Crippen LogP contribution in [0.5, 0.6) is 0 Å². The molecule has 0 unspecified atom stereocenters. The van der Waals surface area contributed by atoms with Gasteiger partial charge in [-0.1, -0.05) is 84.1 Å². The van der Waals surface area contributed by atoms with Gasteiger partial charge in [-0.25, -0.2) is 16.8 Å². The third-order valence-corrected chi connectivity index (χ3v) is 11.8. The summed E-state index contributed by atoms with van der Waals surface area (Å²) in [5.41, 5.74) is 0. The van der Waals surface area contributed by atoms with Crippen molar-refractivity contribution >= 4 is 42.3 Å². The fraction of sp³-hybridized carbons (Fsp3) is 0.667. The average molecular weight is 519 g/mol. The van der Waals surface area contributed by atoms with Gasteiger partial charge in [-0.05, 0) is 24.3 Å². The predicted molar refractivity (Wildman–Crippen MR) is 138 cm³/mol. The smallest absolute Gasteiger partial charge is 0.181 e. The van der Waals surface area contributed by atoms with Gasteiger partial charge in [0.15, 0.2) is 19.7 Å². The third-order valence-electron chi connectivity index (χ3n) is 5.64. The van der Waals surface area contributed by atoms with E-state index in [-0.39, 0.29) is 21.3 Å². The summed E-state index contributed by atoms with van der Waals surface area (Å²) in [7, 11) is -7.33. The van der Waals surface area contributed by atoms with Gasteiger partial charge < -0.3 is 0 Å². The van der Waals surface area contributed by atoms with Crippen LogP contribution in [0, 0.1) is 0 Å². The number of hydrogen-bond donors (Lipinski definition) is 0. The van der Waals surface area contributed by atoms with Crippen molar-refractivity contribution in [3.8, 4) is 9.75 Å². The van der Waals surface area contributed by atoms with E-state index >= 15 is 0 Å². The van der Waals surface area contributed by atoms with Crippen LogP contribution in [0.2, 0.25) is 0 Å². The van der Waals surface area contributed by atoms with Crippen molar-refractivity contribution in [1.82, 2.24) is 0 Å². The molecule has 182 valence electrons. The van der Waals surface area contributed by atoms with Crippen molar-refractivity contribution in [1.29, 1.82) is 0 Å². The summed E-state index contributed by atoms with van der Waals surface area (Å²) in [5.74, 6) is 0.0209. The third kappa shape index (κ3) is 8.26. The number of thiophene rings is 2. The first-order valence-electron chi connectivity index (χ1n) is 11.9. The zero-order valence-corrected chi connectivity index (χ0v) is 22.7. The van der Waals surface area contributed by atoms with Crippen molar-refractivity contribution in [3.05, 3.63) is 22.9 Å². The van der Waals surface area contributed by atoms with E-state index in [0.29, 0.717) is 17.7 Å². The second kappa shape index (κ2) is 13.9. The molecule has 2 aromatic rings. The maximum atomic E-state index is 13.4. The highest BCUT2D eigenvalue weighted by Gasteiger charge is 2.32. The summed E-state index contributed by atoms with van der Waals surface area (Å²) in [6.45, 7) is 4.31. The van der Waals surface area contributed by atoms with Crippen molar-refractivity contribution in [2.75, 3.05) is 11.5 Å². The molecule has 0 aromatic carbocycles. The minimum absolute atomic E-state index is 0.00771. The van der Waals surface area contributed by atoms with Gasteiger partial charge in [-0.15, -0.1) is 22.7 Å². The first-order chi connectivity index (χ1) is 15.3. The van der Waals surface area contributed by atoms with Gasteiger partial charge in [-0.2, -0.15) is 0 Å². The van der Waals surface area contributed by atoms with Crippen LogP contribution < -0.4 is 0 Å². The predicted octanol–water partition coefficient (Wildman–Crippen LogP) is 7.75. The van der Waals surface area contributed by atoms with E-state index in [0.717, 1.165) is 56.2 Å². The fourth-order valence-corrected chi connectivity index (χ4v) is 10.4. The molecule has 0 saturated carbocycles.